The Morgan fingerprint density at radius 1 is 1.17 bits per heavy atom. The number of halogens is 4. The molecule has 1 heterocycles. The first-order valence-electron chi connectivity index (χ1n) is 5.04. The molecule has 1 N–H and O–H groups in total. The molecule has 0 radical (unpaired) electrons. The molecular weight excluding hydrogens is 407 g/mol. The van der Waals surface area contributed by atoms with Gasteiger partial charge in [0.25, 0.3) is 0 Å². The fourth-order valence-electron chi connectivity index (χ4n) is 1.52. The summed E-state index contributed by atoms with van der Waals surface area (Å²) in [5.41, 5.74) is 0.889. The summed E-state index contributed by atoms with van der Waals surface area (Å²) in [4.78, 5) is 0. The van der Waals surface area contributed by atoms with Crippen LogP contribution in [0.25, 0.3) is 0 Å². The van der Waals surface area contributed by atoms with E-state index in [1.165, 1.54) is 0 Å². The quantitative estimate of drug-likeness (QED) is 0.730. The third-order valence-electron chi connectivity index (χ3n) is 2.41. The normalized spacial score (nSPS) is 12.7. The number of aliphatic hydroxyl groups is 1. The van der Waals surface area contributed by atoms with Crippen molar-refractivity contribution in [3.05, 3.63) is 54.8 Å². The molecule has 6 heteroatoms. The Balaban J connectivity index is 2.15. The molecule has 0 fully saturated rings. The Labute approximate surface area is 131 Å². The van der Waals surface area contributed by atoms with Gasteiger partial charge in [0.15, 0.2) is 4.67 Å². The molecule has 1 atom stereocenters. The van der Waals surface area contributed by atoms with E-state index in [2.05, 4.69) is 31.9 Å². The van der Waals surface area contributed by atoms with Gasteiger partial charge in [-0.3, -0.25) is 0 Å². The van der Waals surface area contributed by atoms with Gasteiger partial charge >= 0.3 is 0 Å². The van der Waals surface area contributed by atoms with Crippen LogP contribution in [0.5, 0.6) is 0 Å². The van der Waals surface area contributed by atoms with Crippen LogP contribution in [0.4, 0.5) is 0 Å². The zero-order chi connectivity index (χ0) is 13.3. The van der Waals surface area contributed by atoms with Gasteiger partial charge in [0.1, 0.15) is 11.9 Å². The van der Waals surface area contributed by atoms with E-state index in [4.69, 9.17) is 27.6 Å². The van der Waals surface area contributed by atoms with Crippen LogP contribution in [-0.4, -0.2) is 5.11 Å². The molecule has 2 aromatic rings. The van der Waals surface area contributed by atoms with E-state index in [1.54, 1.807) is 18.2 Å². The average Bonchev–Trinajstić information content (AvgIpc) is 2.65. The van der Waals surface area contributed by atoms with Crippen molar-refractivity contribution in [1.29, 1.82) is 0 Å². The Morgan fingerprint density at radius 3 is 2.44 bits per heavy atom. The molecule has 0 bridgehead atoms. The van der Waals surface area contributed by atoms with Gasteiger partial charge in [0.05, 0.1) is 14.5 Å². The molecule has 2 rings (SSSR count). The highest BCUT2D eigenvalue weighted by molar-refractivity contribution is 9.13. The second-order valence-corrected chi connectivity index (χ2v) is 6.13. The van der Waals surface area contributed by atoms with Gasteiger partial charge in [-0.25, -0.2) is 0 Å². The maximum absolute atomic E-state index is 10.1. The van der Waals surface area contributed by atoms with Crippen molar-refractivity contribution in [2.75, 3.05) is 0 Å². The summed E-state index contributed by atoms with van der Waals surface area (Å²) in [6.45, 7) is 0. The van der Waals surface area contributed by atoms with Crippen molar-refractivity contribution in [3.63, 3.8) is 0 Å². The molecule has 1 unspecified atom stereocenters. The van der Waals surface area contributed by atoms with E-state index in [1.807, 2.05) is 6.07 Å². The van der Waals surface area contributed by atoms with E-state index in [0.29, 0.717) is 26.9 Å². The fourth-order valence-corrected chi connectivity index (χ4v) is 2.45. The predicted octanol–water partition coefficient (Wildman–Crippen LogP) is 5.39. The second kappa shape index (κ2) is 5.97. The molecule has 0 saturated carbocycles. The van der Waals surface area contributed by atoms with Crippen LogP contribution in [0.15, 0.2) is 37.8 Å². The summed E-state index contributed by atoms with van der Waals surface area (Å²) in [6.07, 6.45) is -0.326. The SMILES string of the molecule is OC(Cc1ccc(Cl)c(Cl)c1)c1cc(Br)c(Br)o1. The van der Waals surface area contributed by atoms with Crippen molar-refractivity contribution in [1.82, 2.24) is 0 Å². The molecule has 1 aromatic carbocycles. The Bertz CT molecular complexity index is 550. The number of rotatable bonds is 3. The summed E-state index contributed by atoms with van der Waals surface area (Å²) in [5, 5.41) is 11.0. The smallest absolute Gasteiger partial charge is 0.183 e. The van der Waals surface area contributed by atoms with Gasteiger partial charge in [-0.2, -0.15) is 0 Å². The van der Waals surface area contributed by atoms with Crippen molar-refractivity contribution in [2.45, 2.75) is 12.5 Å². The molecule has 96 valence electrons. The Hall–Kier alpha value is -0.000000000000000167. The third-order valence-corrected chi connectivity index (χ3v) is 4.85. The highest BCUT2D eigenvalue weighted by atomic mass is 79.9. The monoisotopic (exact) mass is 412 g/mol. The minimum absolute atomic E-state index is 0.406. The number of hydrogen-bond donors (Lipinski definition) is 1. The standard InChI is InChI=1S/C12H8Br2Cl2O2/c13-7-5-11(18-12(7)14)10(17)4-6-1-2-8(15)9(16)3-6/h1-3,5,10,17H,4H2. The molecule has 0 amide bonds. The highest BCUT2D eigenvalue weighted by Gasteiger charge is 2.16. The van der Waals surface area contributed by atoms with Crippen LogP contribution >= 0.6 is 55.1 Å². The molecule has 1 aromatic heterocycles. The maximum atomic E-state index is 10.1. The predicted molar refractivity (Wildman–Crippen MR) is 79.2 cm³/mol. The van der Waals surface area contributed by atoms with Crippen molar-refractivity contribution < 1.29 is 9.52 Å². The van der Waals surface area contributed by atoms with Gasteiger partial charge in [0, 0.05) is 6.42 Å². The fraction of sp³-hybridized carbons (Fsp3) is 0.167. The highest BCUT2D eigenvalue weighted by Crippen LogP contribution is 2.32. The van der Waals surface area contributed by atoms with Gasteiger partial charge in [0.2, 0.25) is 0 Å². The zero-order valence-corrected chi connectivity index (χ0v) is 13.6. The minimum Gasteiger partial charge on any atom is -0.450 e. The first kappa shape index (κ1) is 14.4. The van der Waals surface area contributed by atoms with E-state index >= 15 is 0 Å². The maximum Gasteiger partial charge on any atom is 0.183 e. The van der Waals surface area contributed by atoms with Crippen LogP contribution in [0.2, 0.25) is 10.0 Å². The van der Waals surface area contributed by atoms with Crippen LogP contribution in [0, 0.1) is 0 Å². The Morgan fingerprint density at radius 2 is 1.89 bits per heavy atom. The zero-order valence-electron chi connectivity index (χ0n) is 8.96. The van der Waals surface area contributed by atoms with E-state index in [0.717, 1.165) is 10.0 Å². The van der Waals surface area contributed by atoms with Crippen LogP contribution in [0.1, 0.15) is 17.4 Å². The van der Waals surface area contributed by atoms with Gasteiger partial charge in [-0.1, -0.05) is 29.3 Å². The Kier molecular flexibility index (Phi) is 4.78. The van der Waals surface area contributed by atoms with E-state index in [-0.39, 0.29) is 0 Å². The lowest BCUT2D eigenvalue weighted by molar-refractivity contribution is 0.149. The molecule has 2 nitrogen and oxygen atoms in total. The van der Waals surface area contributed by atoms with Crippen LogP contribution in [-0.2, 0) is 6.42 Å². The summed E-state index contributed by atoms with van der Waals surface area (Å²) in [7, 11) is 0. The van der Waals surface area contributed by atoms with Crippen molar-refractivity contribution in [3.8, 4) is 0 Å². The van der Waals surface area contributed by atoms with Crippen LogP contribution < -0.4 is 0 Å². The first-order valence-corrected chi connectivity index (χ1v) is 7.38. The molecule has 0 aliphatic carbocycles. The average molecular weight is 415 g/mol. The summed E-state index contributed by atoms with van der Waals surface area (Å²) >= 11 is 18.3. The molecule has 18 heavy (non-hydrogen) atoms. The molecule has 0 aliphatic heterocycles. The topological polar surface area (TPSA) is 33.4 Å². The first-order chi connectivity index (χ1) is 8.47. The van der Waals surface area contributed by atoms with Crippen LogP contribution in [0.3, 0.4) is 0 Å². The number of benzene rings is 1. The third kappa shape index (κ3) is 3.31. The number of hydrogen-bond acceptors (Lipinski definition) is 2. The largest absolute Gasteiger partial charge is 0.450 e. The summed E-state index contributed by atoms with van der Waals surface area (Å²) in [5.74, 6) is 0.486. The minimum atomic E-state index is -0.732. The molecule has 0 aliphatic rings. The summed E-state index contributed by atoms with van der Waals surface area (Å²) < 4.78 is 6.69. The van der Waals surface area contributed by atoms with E-state index < -0.39 is 6.10 Å². The van der Waals surface area contributed by atoms with E-state index in [9.17, 15) is 5.11 Å². The lowest BCUT2D eigenvalue weighted by Gasteiger charge is -2.08. The lowest BCUT2D eigenvalue weighted by atomic mass is 10.1. The van der Waals surface area contributed by atoms with Gasteiger partial charge < -0.3 is 9.52 Å². The van der Waals surface area contributed by atoms with Gasteiger partial charge in [-0.05, 0) is 55.6 Å². The number of furan rings is 1. The summed E-state index contributed by atoms with van der Waals surface area (Å²) in [6, 6.07) is 7.00. The van der Waals surface area contributed by atoms with Crippen molar-refractivity contribution >= 4 is 55.1 Å². The second-order valence-electron chi connectivity index (χ2n) is 3.74. The lowest BCUT2D eigenvalue weighted by Crippen LogP contribution is -2.00. The number of aliphatic hydroxyl groups excluding tert-OH is 1. The molecular formula is C12H8Br2Cl2O2. The van der Waals surface area contributed by atoms with Crippen molar-refractivity contribution in [2.24, 2.45) is 0 Å². The van der Waals surface area contributed by atoms with Gasteiger partial charge in [-0.15, -0.1) is 0 Å². The molecule has 0 spiro atoms. The molecule has 0 saturated heterocycles.